The van der Waals surface area contributed by atoms with E-state index < -0.39 is 11.9 Å². The van der Waals surface area contributed by atoms with Crippen LogP contribution in [0, 0.1) is 0 Å². The van der Waals surface area contributed by atoms with Crippen LogP contribution in [0.15, 0.2) is 91.3 Å². The number of nitrogens with one attached hydrogen (secondary N) is 1. The van der Waals surface area contributed by atoms with Crippen molar-refractivity contribution in [3.05, 3.63) is 102 Å². The number of anilines is 1. The van der Waals surface area contributed by atoms with Crippen LogP contribution in [0.5, 0.6) is 5.75 Å². The Morgan fingerprint density at radius 3 is 2.38 bits per heavy atom. The summed E-state index contributed by atoms with van der Waals surface area (Å²) in [6.07, 6.45) is 3.14. The van der Waals surface area contributed by atoms with Crippen LogP contribution in [-0.2, 0) is 0 Å². The largest absolute Gasteiger partial charge is 1.00 e. The molecule has 4 rings (SSSR count). The van der Waals surface area contributed by atoms with Gasteiger partial charge in [-0.3, -0.25) is 9.78 Å². The number of carboxylic acid groups (broad SMARTS) is 1. The molecule has 4 aromatic rings. The smallest absolute Gasteiger partial charge is 1.00 e. The van der Waals surface area contributed by atoms with Gasteiger partial charge in [0.05, 0.1) is 23.4 Å². The van der Waals surface area contributed by atoms with E-state index in [4.69, 9.17) is 4.74 Å². The maximum atomic E-state index is 13.0. The predicted octanol–water partition coefficient (Wildman–Crippen LogP) is 2.88. The average Bonchev–Trinajstić information content (AvgIpc) is 2.85. The van der Waals surface area contributed by atoms with Crippen molar-refractivity contribution in [3.8, 4) is 28.0 Å². The molecule has 1 aromatic heterocycles. The van der Waals surface area contributed by atoms with Crippen LogP contribution in [-0.4, -0.2) is 28.6 Å². The number of aromatic carboxylic acids is 1. The van der Waals surface area contributed by atoms with Gasteiger partial charge in [0, 0.05) is 23.5 Å². The van der Waals surface area contributed by atoms with Gasteiger partial charge in [-0.2, -0.15) is 0 Å². The molecule has 0 unspecified atom stereocenters. The number of ether oxygens (including phenoxy) is 1. The summed E-state index contributed by atoms with van der Waals surface area (Å²) in [6.45, 7) is 2.39. The third kappa shape index (κ3) is 5.72. The fourth-order valence-corrected chi connectivity index (χ4v) is 3.54. The molecule has 166 valence electrons. The second-order valence-corrected chi connectivity index (χ2v) is 7.28. The first kappa shape index (κ1) is 25.2. The first-order valence-corrected chi connectivity index (χ1v) is 10.5. The quantitative estimate of drug-likeness (QED) is 0.413. The van der Waals surface area contributed by atoms with E-state index in [2.05, 4.69) is 10.3 Å². The molecular formula is C27H23N2NaO4. The molecule has 1 heterocycles. The molecule has 0 radical (unpaired) electrons. The number of hydrogen-bond donors (Lipinski definition) is 2. The van der Waals surface area contributed by atoms with Gasteiger partial charge in [-0.15, -0.1) is 0 Å². The molecule has 2 N–H and O–H groups in total. The number of pyridine rings is 1. The van der Waals surface area contributed by atoms with Gasteiger partial charge in [0.15, 0.2) is 0 Å². The number of para-hydroxylation sites is 1. The molecule has 0 aliphatic carbocycles. The Balaban J connectivity index is 0.00000216. The molecule has 0 aliphatic heterocycles. The first-order chi connectivity index (χ1) is 16.1. The van der Waals surface area contributed by atoms with Crippen molar-refractivity contribution in [1.82, 2.24) is 4.98 Å². The fourth-order valence-electron chi connectivity index (χ4n) is 3.54. The van der Waals surface area contributed by atoms with Crippen molar-refractivity contribution < 1.29 is 50.4 Å². The molecule has 0 bridgehead atoms. The number of carbonyl (C=O) groups is 2. The van der Waals surface area contributed by atoms with Gasteiger partial charge in [-0.25, -0.2) is 4.79 Å². The van der Waals surface area contributed by atoms with Crippen LogP contribution in [0.3, 0.4) is 0 Å². The Hall–Kier alpha value is -3.45. The van der Waals surface area contributed by atoms with Gasteiger partial charge < -0.3 is 16.6 Å². The summed E-state index contributed by atoms with van der Waals surface area (Å²) in [5.74, 6) is -0.899. The van der Waals surface area contributed by atoms with Crippen LogP contribution in [0.2, 0.25) is 0 Å². The summed E-state index contributed by atoms with van der Waals surface area (Å²) in [5, 5.41) is 12.4. The monoisotopic (exact) mass is 462 g/mol. The molecule has 7 heteroatoms. The van der Waals surface area contributed by atoms with Gasteiger partial charge in [0.2, 0.25) is 0 Å². The van der Waals surface area contributed by atoms with E-state index in [9.17, 15) is 14.7 Å². The second-order valence-electron chi connectivity index (χ2n) is 7.28. The normalized spacial score (nSPS) is 10.1. The van der Waals surface area contributed by atoms with Crippen molar-refractivity contribution in [3.63, 3.8) is 0 Å². The van der Waals surface area contributed by atoms with Crippen molar-refractivity contribution in [2.75, 3.05) is 11.9 Å². The van der Waals surface area contributed by atoms with Crippen molar-refractivity contribution >= 4 is 17.6 Å². The molecule has 0 aliphatic rings. The van der Waals surface area contributed by atoms with E-state index in [-0.39, 0.29) is 42.2 Å². The van der Waals surface area contributed by atoms with E-state index in [1.165, 1.54) is 12.3 Å². The standard InChI is InChI=1S/C27H22N2O4.Na.H/c1-2-33-25-11-7-6-10-22(25)19-12-13-23(27(31)32)24(15-19)29-26(30)21-14-20(16-28-17-21)18-8-4-3-5-9-18;;/h3-17H,2H2,1H3,(H,29,30)(H,31,32);;/q;+1;-1. The van der Waals surface area contributed by atoms with Crippen LogP contribution in [0.1, 0.15) is 29.1 Å². The number of aromatic nitrogens is 1. The van der Waals surface area contributed by atoms with Crippen LogP contribution in [0.4, 0.5) is 5.69 Å². The minimum absolute atomic E-state index is 0. The molecule has 0 fully saturated rings. The number of amides is 1. The number of benzene rings is 3. The zero-order chi connectivity index (χ0) is 23.2. The number of carboxylic acids is 1. The molecule has 0 saturated carbocycles. The van der Waals surface area contributed by atoms with Gasteiger partial charge in [-0.1, -0.05) is 54.6 Å². The molecule has 1 amide bonds. The van der Waals surface area contributed by atoms with Crippen molar-refractivity contribution in [1.29, 1.82) is 0 Å². The van der Waals surface area contributed by atoms with Crippen molar-refractivity contribution in [2.24, 2.45) is 0 Å². The Morgan fingerprint density at radius 1 is 0.912 bits per heavy atom. The molecule has 0 spiro atoms. The van der Waals surface area contributed by atoms with Crippen molar-refractivity contribution in [2.45, 2.75) is 6.92 Å². The molecule has 3 aromatic carbocycles. The fraction of sp³-hybridized carbons (Fsp3) is 0.0741. The summed E-state index contributed by atoms with van der Waals surface area (Å²) >= 11 is 0. The maximum Gasteiger partial charge on any atom is 1.00 e. The summed E-state index contributed by atoms with van der Waals surface area (Å²) in [6, 6.07) is 23.6. The minimum Gasteiger partial charge on any atom is -1.00 e. The van der Waals surface area contributed by atoms with Crippen LogP contribution < -0.4 is 39.6 Å². The number of hydrogen-bond acceptors (Lipinski definition) is 4. The molecule has 34 heavy (non-hydrogen) atoms. The van der Waals surface area contributed by atoms with Gasteiger partial charge in [0.1, 0.15) is 5.75 Å². The van der Waals surface area contributed by atoms with E-state index in [0.717, 1.165) is 22.3 Å². The zero-order valence-electron chi connectivity index (χ0n) is 20.0. The Kier molecular flexibility index (Phi) is 8.60. The SMILES string of the molecule is CCOc1ccccc1-c1ccc(C(=O)O)c(NC(=O)c2cncc(-c3ccccc3)c2)c1.[H-].[Na+]. The second kappa shape index (κ2) is 11.6. The number of rotatable bonds is 7. The summed E-state index contributed by atoms with van der Waals surface area (Å²) in [7, 11) is 0. The summed E-state index contributed by atoms with van der Waals surface area (Å²) < 4.78 is 5.70. The van der Waals surface area contributed by atoms with Gasteiger partial charge in [0.25, 0.3) is 5.91 Å². The third-order valence-electron chi connectivity index (χ3n) is 5.10. The summed E-state index contributed by atoms with van der Waals surface area (Å²) in [4.78, 5) is 29.0. The summed E-state index contributed by atoms with van der Waals surface area (Å²) in [5.41, 5.74) is 3.78. The van der Waals surface area contributed by atoms with E-state index in [1.54, 1.807) is 24.4 Å². The topological polar surface area (TPSA) is 88.5 Å². The average molecular weight is 462 g/mol. The molecular weight excluding hydrogens is 439 g/mol. The van der Waals surface area contributed by atoms with E-state index in [1.807, 2.05) is 61.5 Å². The molecule has 0 atom stereocenters. The predicted molar refractivity (Wildman–Crippen MR) is 129 cm³/mol. The van der Waals surface area contributed by atoms with Gasteiger partial charge in [-0.05, 0) is 42.3 Å². The van der Waals surface area contributed by atoms with E-state index in [0.29, 0.717) is 17.9 Å². The van der Waals surface area contributed by atoms with Crippen LogP contribution >= 0.6 is 0 Å². The van der Waals surface area contributed by atoms with E-state index >= 15 is 0 Å². The Labute approximate surface area is 221 Å². The Bertz CT molecular complexity index is 1320. The first-order valence-electron chi connectivity index (χ1n) is 10.5. The third-order valence-corrected chi connectivity index (χ3v) is 5.10. The zero-order valence-corrected chi connectivity index (χ0v) is 21.0. The van der Waals surface area contributed by atoms with Crippen LogP contribution in [0.25, 0.3) is 22.3 Å². The number of nitrogens with zero attached hydrogens (tertiary/aromatic N) is 1. The minimum atomic E-state index is -1.13. The van der Waals surface area contributed by atoms with Gasteiger partial charge >= 0.3 is 35.5 Å². The molecule has 0 saturated heterocycles. The maximum absolute atomic E-state index is 13.0. The number of carbonyl (C=O) groups excluding carboxylic acids is 1. The Morgan fingerprint density at radius 2 is 1.65 bits per heavy atom. The molecule has 6 nitrogen and oxygen atoms in total.